The fraction of sp³-hybridized carbons (Fsp3) is 0.667. The van der Waals surface area contributed by atoms with Crippen LogP contribution in [0.2, 0.25) is 0 Å². The van der Waals surface area contributed by atoms with Gasteiger partial charge in [0.2, 0.25) is 0 Å². The van der Waals surface area contributed by atoms with Crippen molar-refractivity contribution in [3.8, 4) is 0 Å². The lowest BCUT2D eigenvalue weighted by Crippen LogP contribution is -2.16. The Morgan fingerprint density at radius 3 is 2.88 bits per heavy atom. The van der Waals surface area contributed by atoms with E-state index in [0.717, 1.165) is 6.42 Å². The standard InChI is InChI=1S/C6H10O2/c1-7-6-4-2-3-5-8-6/h2-3,6H,4-5H2,1H3. The van der Waals surface area contributed by atoms with Gasteiger partial charge < -0.3 is 9.47 Å². The van der Waals surface area contributed by atoms with Gasteiger partial charge >= 0.3 is 0 Å². The molecule has 1 aliphatic rings. The van der Waals surface area contributed by atoms with Gasteiger partial charge in [0.25, 0.3) is 0 Å². The zero-order valence-corrected chi connectivity index (χ0v) is 4.96. The Kier molecular flexibility index (Phi) is 2.06. The van der Waals surface area contributed by atoms with Crippen molar-refractivity contribution < 1.29 is 9.47 Å². The fourth-order valence-electron chi connectivity index (χ4n) is 0.671. The molecule has 2 nitrogen and oxygen atoms in total. The van der Waals surface area contributed by atoms with Gasteiger partial charge in [-0.1, -0.05) is 12.2 Å². The number of methoxy groups -OCH3 is 1. The van der Waals surface area contributed by atoms with Gasteiger partial charge in [0.05, 0.1) is 6.61 Å². The van der Waals surface area contributed by atoms with E-state index in [1.807, 2.05) is 6.08 Å². The van der Waals surface area contributed by atoms with Crippen LogP contribution in [-0.2, 0) is 9.47 Å². The van der Waals surface area contributed by atoms with Crippen molar-refractivity contribution in [2.45, 2.75) is 12.7 Å². The van der Waals surface area contributed by atoms with E-state index in [2.05, 4.69) is 6.08 Å². The first-order valence-corrected chi connectivity index (χ1v) is 2.73. The first kappa shape index (κ1) is 5.79. The van der Waals surface area contributed by atoms with Crippen LogP contribution in [-0.4, -0.2) is 20.0 Å². The van der Waals surface area contributed by atoms with Crippen molar-refractivity contribution in [1.29, 1.82) is 0 Å². The Labute approximate surface area is 49.1 Å². The van der Waals surface area contributed by atoms with E-state index in [0.29, 0.717) is 6.61 Å². The molecule has 0 N–H and O–H groups in total. The summed E-state index contributed by atoms with van der Waals surface area (Å²) in [4.78, 5) is 0. The van der Waals surface area contributed by atoms with E-state index in [9.17, 15) is 0 Å². The molecule has 1 unspecified atom stereocenters. The minimum absolute atomic E-state index is 0.000000000000000222. The van der Waals surface area contributed by atoms with Crippen molar-refractivity contribution in [1.82, 2.24) is 0 Å². The lowest BCUT2D eigenvalue weighted by Gasteiger charge is -2.15. The first-order chi connectivity index (χ1) is 3.93. The van der Waals surface area contributed by atoms with Gasteiger partial charge in [0.15, 0.2) is 6.29 Å². The normalized spacial score (nSPS) is 28.4. The Balaban J connectivity index is 2.27. The molecule has 0 aromatic carbocycles. The van der Waals surface area contributed by atoms with Crippen molar-refractivity contribution in [3.63, 3.8) is 0 Å². The van der Waals surface area contributed by atoms with E-state index in [1.54, 1.807) is 7.11 Å². The smallest absolute Gasteiger partial charge is 0.161 e. The molecular weight excluding hydrogens is 104 g/mol. The largest absolute Gasteiger partial charge is 0.356 e. The van der Waals surface area contributed by atoms with Gasteiger partial charge in [-0.25, -0.2) is 0 Å². The molecule has 0 spiro atoms. The molecule has 0 fully saturated rings. The maximum absolute atomic E-state index is 5.12. The van der Waals surface area contributed by atoms with Crippen LogP contribution in [0.25, 0.3) is 0 Å². The molecule has 0 aromatic rings. The van der Waals surface area contributed by atoms with E-state index in [1.165, 1.54) is 0 Å². The van der Waals surface area contributed by atoms with Crippen LogP contribution in [0.15, 0.2) is 12.2 Å². The minimum atomic E-state index is -0.000000000000000222. The Bertz CT molecular complexity index is 88.5. The third-order valence-electron chi connectivity index (χ3n) is 1.14. The number of rotatable bonds is 1. The molecule has 0 aliphatic carbocycles. The van der Waals surface area contributed by atoms with Gasteiger partial charge in [-0.15, -0.1) is 0 Å². The van der Waals surface area contributed by atoms with Crippen LogP contribution in [0.4, 0.5) is 0 Å². The van der Waals surface area contributed by atoms with Crippen LogP contribution in [0.3, 0.4) is 0 Å². The number of hydrogen-bond acceptors (Lipinski definition) is 2. The first-order valence-electron chi connectivity index (χ1n) is 2.73. The molecule has 1 atom stereocenters. The zero-order chi connectivity index (χ0) is 5.82. The third-order valence-corrected chi connectivity index (χ3v) is 1.14. The number of ether oxygens (including phenoxy) is 2. The predicted octanol–water partition coefficient (Wildman–Crippen LogP) is 0.935. The highest BCUT2D eigenvalue weighted by Crippen LogP contribution is 2.04. The van der Waals surface area contributed by atoms with Crippen LogP contribution >= 0.6 is 0 Å². The summed E-state index contributed by atoms with van der Waals surface area (Å²) in [5.74, 6) is 0. The molecule has 0 saturated heterocycles. The molecule has 0 bridgehead atoms. The Hall–Kier alpha value is -0.340. The topological polar surface area (TPSA) is 18.5 Å². The SMILES string of the molecule is COC1CC=CCO1. The summed E-state index contributed by atoms with van der Waals surface area (Å²) in [5.41, 5.74) is 0. The van der Waals surface area contributed by atoms with Crippen LogP contribution in [0, 0.1) is 0 Å². The van der Waals surface area contributed by atoms with Crippen molar-refractivity contribution in [2.24, 2.45) is 0 Å². The molecule has 0 amide bonds. The predicted molar refractivity (Wildman–Crippen MR) is 30.5 cm³/mol. The van der Waals surface area contributed by atoms with Crippen molar-refractivity contribution >= 4 is 0 Å². The monoisotopic (exact) mass is 114 g/mol. The van der Waals surface area contributed by atoms with E-state index < -0.39 is 0 Å². The molecule has 8 heavy (non-hydrogen) atoms. The van der Waals surface area contributed by atoms with Crippen LogP contribution in [0.1, 0.15) is 6.42 Å². The van der Waals surface area contributed by atoms with Crippen LogP contribution < -0.4 is 0 Å². The van der Waals surface area contributed by atoms with E-state index >= 15 is 0 Å². The molecule has 0 aromatic heterocycles. The zero-order valence-electron chi connectivity index (χ0n) is 4.96. The summed E-state index contributed by atoms with van der Waals surface area (Å²) >= 11 is 0. The summed E-state index contributed by atoms with van der Waals surface area (Å²) in [6, 6.07) is 0. The minimum Gasteiger partial charge on any atom is -0.356 e. The maximum atomic E-state index is 5.12. The molecule has 2 heteroatoms. The lowest BCUT2D eigenvalue weighted by molar-refractivity contribution is -0.117. The third kappa shape index (κ3) is 1.32. The molecule has 0 saturated carbocycles. The van der Waals surface area contributed by atoms with Gasteiger partial charge in [-0.3, -0.25) is 0 Å². The molecule has 1 rings (SSSR count). The van der Waals surface area contributed by atoms with Crippen molar-refractivity contribution in [3.05, 3.63) is 12.2 Å². The average molecular weight is 114 g/mol. The fourth-order valence-corrected chi connectivity index (χ4v) is 0.671. The van der Waals surface area contributed by atoms with Gasteiger partial charge in [-0.05, 0) is 0 Å². The van der Waals surface area contributed by atoms with Gasteiger partial charge in [-0.2, -0.15) is 0 Å². The maximum Gasteiger partial charge on any atom is 0.161 e. The highest BCUT2D eigenvalue weighted by molar-refractivity contribution is 4.86. The average Bonchev–Trinajstić information content (AvgIpc) is 1.90. The van der Waals surface area contributed by atoms with E-state index in [-0.39, 0.29) is 6.29 Å². The Morgan fingerprint density at radius 1 is 1.62 bits per heavy atom. The molecule has 0 radical (unpaired) electrons. The molecule has 1 aliphatic heterocycles. The molecular formula is C6H10O2. The van der Waals surface area contributed by atoms with Gasteiger partial charge in [0, 0.05) is 13.5 Å². The second kappa shape index (κ2) is 2.84. The van der Waals surface area contributed by atoms with E-state index in [4.69, 9.17) is 9.47 Å². The lowest BCUT2D eigenvalue weighted by atomic mass is 10.3. The Morgan fingerprint density at radius 2 is 2.50 bits per heavy atom. The summed E-state index contributed by atoms with van der Waals surface area (Å²) < 4.78 is 10.0. The summed E-state index contributed by atoms with van der Waals surface area (Å²) in [6.07, 6.45) is 4.95. The number of hydrogen-bond donors (Lipinski definition) is 0. The summed E-state index contributed by atoms with van der Waals surface area (Å²) in [6.45, 7) is 0.693. The molecule has 1 heterocycles. The van der Waals surface area contributed by atoms with Crippen LogP contribution in [0.5, 0.6) is 0 Å². The van der Waals surface area contributed by atoms with Crippen molar-refractivity contribution in [2.75, 3.05) is 13.7 Å². The molecule has 46 valence electrons. The highest BCUT2D eigenvalue weighted by Gasteiger charge is 2.05. The second-order valence-corrected chi connectivity index (χ2v) is 1.71. The highest BCUT2D eigenvalue weighted by atomic mass is 16.7. The summed E-state index contributed by atoms with van der Waals surface area (Å²) in [5, 5.41) is 0. The van der Waals surface area contributed by atoms with Gasteiger partial charge in [0.1, 0.15) is 0 Å². The summed E-state index contributed by atoms with van der Waals surface area (Å²) in [7, 11) is 1.66. The second-order valence-electron chi connectivity index (χ2n) is 1.71. The quantitative estimate of drug-likeness (QED) is 0.472.